The van der Waals surface area contributed by atoms with Crippen molar-refractivity contribution in [3.63, 3.8) is 0 Å². The summed E-state index contributed by atoms with van der Waals surface area (Å²) in [5.41, 5.74) is 1.35. The summed E-state index contributed by atoms with van der Waals surface area (Å²) in [6, 6.07) is 3.96. The zero-order valence-corrected chi connectivity index (χ0v) is 15.0. The van der Waals surface area contributed by atoms with Crippen LogP contribution in [0.1, 0.15) is 24.5 Å². The van der Waals surface area contributed by atoms with Crippen LogP contribution in [-0.4, -0.2) is 36.9 Å². The summed E-state index contributed by atoms with van der Waals surface area (Å²) in [7, 11) is 0. The molecule has 5 heteroatoms. The van der Waals surface area contributed by atoms with Gasteiger partial charge < -0.3 is 14.2 Å². The van der Waals surface area contributed by atoms with Gasteiger partial charge in [-0.1, -0.05) is 24.7 Å². The second kappa shape index (κ2) is 7.27. The summed E-state index contributed by atoms with van der Waals surface area (Å²) in [5, 5.41) is 0. The van der Waals surface area contributed by atoms with Crippen LogP contribution in [-0.2, 0) is 21.5 Å². The minimum Gasteiger partial charge on any atom is -0.458 e. The molecule has 2 heterocycles. The third-order valence-corrected chi connectivity index (χ3v) is 4.90. The first-order valence-electron chi connectivity index (χ1n) is 8.60. The summed E-state index contributed by atoms with van der Waals surface area (Å²) >= 11 is 0. The number of hydrogen-bond donors (Lipinski definition) is 0. The first-order chi connectivity index (χ1) is 12.5. The Kier molecular flexibility index (Phi) is 5.06. The first-order valence-corrected chi connectivity index (χ1v) is 8.60. The number of carbonyl (C=O) groups is 1. The van der Waals surface area contributed by atoms with Crippen LogP contribution < -0.4 is 9.47 Å². The van der Waals surface area contributed by atoms with Gasteiger partial charge in [0, 0.05) is 26.4 Å². The predicted octanol–water partition coefficient (Wildman–Crippen LogP) is 2.80. The van der Waals surface area contributed by atoms with Crippen LogP contribution in [0.15, 0.2) is 37.4 Å². The monoisotopic (exact) mass is 353 g/mol. The Bertz CT molecular complexity index is 779. The van der Waals surface area contributed by atoms with Crippen molar-refractivity contribution in [1.29, 1.82) is 0 Å². The topological polar surface area (TPSA) is 48.0 Å². The quantitative estimate of drug-likeness (QED) is 0.447. The summed E-state index contributed by atoms with van der Waals surface area (Å²) in [5.74, 6) is 4.05. The lowest BCUT2D eigenvalue weighted by Gasteiger charge is -2.45. The van der Waals surface area contributed by atoms with E-state index in [1.54, 1.807) is 6.08 Å². The van der Waals surface area contributed by atoms with Crippen LogP contribution >= 0.6 is 0 Å². The van der Waals surface area contributed by atoms with Gasteiger partial charge in [-0.25, -0.2) is 0 Å². The van der Waals surface area contributed by atoms with Crippen LogP contribution in [0.5, 0.6) is 11.5 Å². The number of esters is 1. The Hall–Kier alpha value is -2.71. The normalized spacial score (nSPS) is 22.0. The summed E-state index contributed by atoms with van der Waals surface area (Å²) in [4.78, 5) is 13.7. The molecule has 0 aliphatic carbocycles. The maximum atomic E-state index is 11.5. The molecule has 26 heavy (non-hydrogen) atoms. The number of fused-ring (bicyclic) bond motifs is 2. The number of carbonyl (C=O) groups excluding carboxylic acids is 1. The van der Waals surface area contributed by atoms with Crippen LogP contribution in [0.3, 0.4) is 0 Å². The predicted molar refractivity (Wildman–Crippen MR) is 98.9 cm³/mol. The van der Waals surface area contributed by atoms with Crippen LogP contribution in [0.25, 0.3) is 0 Å². The lowest BCUT2D eigenvalue weighted by Crippen LogP contribution is -2.51. The minimum absolute atomic E-state index is 0.209. The van der Waals surface area contributed by atoms with Crippen LogP contribution in [0, 0.1) is 12.3 Å². The molecule has 0 radical (unpaired) electrons. The Morgan fingerprint density at radius 3 is 2.81 bits per heavy atom. The fourth-order valence-electron chi connectivity index (χ4n) is 3.74. The Balaban J connectivity index is 2.09. The Morgan fingerprint density at radius 2 is 2.19 bits per heavy atom. The number of nitrogens with zero attached hydrogens (tertiary/aromatic N) is 1. The highest BCUT2D eigenvalue weighted by Crippen LogP contribution is 2.45. The fourth-order valence-corrected chi connectivity index (χ4v) is 3.74. The largest absolute Gasteiger partial charge is 0.458 e. The number of benzene rings is 1. The molecule has 2 aliphatic rings. The van der Waals surface area contributed by atoms with Crippen molar-refractivity contribution in [1.82, 2.24) is 4.90 Å². The molecule has 1 aromatic carbocycles. The zero-order valence-electron chi connectivity index (χ0n) is 15.0. The molecule has 0 bridgehead atoms. The molecule has 5 nitrogen and oxygen atoms in total. The van der Waals surface area contributed by atoms with Gasteiger partial charge in [0.25, 0.3) is 0 Å². The average molecular weight is 353 g/mol. The maximum absolute atomic E-state index is 11.5. The van der Waals surface area contributed by atoms with Crippen LogP contribution in [0.2, 0.25) is 0 Å². The molecule has 0 spiro atoms. The molecule has 0 aromatic heterocycles. The van der Waals surface area contributed by atoms with Gasteiger partial charge in [0.1, 0.15) is 11.6 Å². The average Bonchev–Trinajstić information content (AvgIpc) is 3.08. The van der Waals surface area contributed by atoms with E-state index < -0.39 is 11.6 Å². The van der Waals surface area contributed by atoms with E-state index in [4.69, 9.17) is 20.6 Å². The highest BCUT2D eigenvalue weighted by atomic mass is 16.7. The summed E-state index contributed by atoms with van der Waals surface area (Å²) in [6.45, 7) is 10.6. The second-order valence-electron chi connectivity index (χ2n) is 6.44. The molecule has 0 N–H and O–H groups in total. The smallest absolute Gasteiger partial charge is 0.303 e. The first kappa shape index (κ1) is 18.1. The number of hydrogen-bond acceptors (Lipinski definition) is 5. The molecule has 0 fully saturated rings. The van der Waals surface area contributed by atoms with E-state index in [0.717, 1.165) is 29.8 Å². The molecule has 0 saturated heterocycles. The molecule has 2 atom stereocenters. The van der Waals surface area contributed by atoms with Crippen molar-refractivity contribution in [3.8, 4) is 23.8 Å². The van der Waals surface area contributed by atoms with Gasteiger partial charge in [-0.15, -0.1) is 13.0 Å². The standard InChI is InChI=1S/C21H23NO4/c1-5-9-22-10-8-16-11-19-20(25-14-24-19)12-18(16)21(22,7-3)13-17(6-2)26-15(4)23/h3,5-6,11-12,17H,1-2,8-10,13-14H2,4H3. The Morgan fingerprint density at radius 1 is 1.46 bits per heavy atom. The molecule has 2 aliphatic heterocycles. The van der Waals surface area contributed by atoms with Gasteiger partial charge in [-0.3, -0.25) is 9.69 Å². The maximum Gasteiger partial charge on any atom is 0.303 e. The van der Waals surface area contributed by atoms with E-state index in [2.05, 4.69) is 24.0 Å². The van der Waals surface area contributed by atoms with Crippen molar-refractivity contribution in [2.24, 2.45) is 0 Å². The number of rotatable bonds is 6. The van der Waals surface area contributed by atoms with E-state index in [1.807, 2.05) is 18.2 Å². The summed E-state index contributed by atoms with van der Waals surface area (Å²) in [6.07, 6.45) is 10.3. The molecule has 0 saturated carbocycles. The van der Waals surface area contributed by atoms with E-state index in [0.29, 0.717) is 18.7 Å². The SMILES string of the molecule is C#CC1(CC(C=C)OC(C)=O)c2cc3c(cc2CCN1CC=C)OCO3. The summed E-state index contributed by atoms with van der Waals surface area (Å²) < 4.78 is 16.5. The third-order valence-electron chi connectivity index (χ3n) is 4.90. The molecule has 136 valence electrons. The van der Waals surface area contributed by atoms with E-state index in [9.17, 15) is 4.79 Å². The molecule has 0 amide bonds. The minimum atomic E-state index is -0.753. The van der Waals surface area contributed by atoms with E-state index in [1.165, 1.54) is 6.92 Å². The van der Waals surface area contributed by atoms with Gasteiger partial charge in [0.15, 0.2) is 11.5 Å². The van der Waals surface area contributed by atoms with Crippen molar-refractivity contribution in [3.05, 3.63) is 48.6 Å². The molecular formula is C21H23NO4. The van der Waals surface area contributed by atoms with Gasteiger partial charge in [-0.2, -0.15) is 0 Å². The van der Waals surface area contributed by atoms with E-state index >= 15 is 0 Å². The lowest BCUT2D eigenvalue weighted by atomic mass is 9.77. The lowest BCUT2D eigenvalue weighted by molar-refractivity contribution is -0.145. The van der Waals surface area contributed by atoms with Gasteiger partial charge in [0.05, 0.1) is 0 Å². The number of ether oxygens (including phenoxy) is 3. The second-order valence-corrected chi connectivity index (χ2v) is 6.44. The van der Waals surface area contributed by atoms with E-state index in [-0.39, 0.29) is 12.8 Å². The van der Waals surface area contributed by atoms with Crippen molar-refractivity contribution < 1.29 is 19.0 Å². The number of terminal acetylenes is 1. The van der Waals surface area contributed by atoms with Crippen molar-refractivity contribution in [2.75, 3.05) is 19.9 Å². The van der Waals surface area contributed by atoms with Crippen molar-refractivity contribution >= 4 is 5.97 Å². The highest BCUT2D eigenvalue weighted by Gasteiger charge is 2.44. The van der Waals surface area contributed by atoms with Crippen molar-refractivity contribution in [2.45, 2.75) is 31.4 Å². The Labute approximate surface area is 154 Å². The molecule has 3 rings (SSSR count). The van der Waals surface area contributed by atoms with Crippen LogP contribution in [0.4, 0.5) is 0 Å². The molecule has 2 unspecified atom stereocenters. The highest BCUT2D eigenvalue weighted by molar-refractivity contribution is 5.66. The zero-order chi connectivity index (χ0) is 18.7. The fraction of sp³-hybridized carbons (Fsp3) is 0.381. The molecule has 1 aromatic rings. The van der Waals surface area contributed by atoms with Gasteiger partial charge >= 0.3 is 5.97 Å². The van der Waals surface area contributed by atoms with Gasteiger partial charge in [-0.05, 0) is 29.7 Å². The van der Waals surface area contributed by atoms with Gasteiger partial charge in [0.2, 0.25) is 6.79 Å². The third kappa shape index (κ3) is 3.09. The molecular weight excluding hydrogens is 330 g/mol.